The SMILES string of the molecule is CC(=O)C(C)(O[Si](C)(C)C)c1ccccc1. The van der Waals surface area contributed by atoms with E-state index >= 15 is 0 Å². The predicted octanol–water partition coefficient (Wildman–Crippen LogP) is 3.34. The maximum absolute atomic E-state index is 11.8. The first-order valence-corrected chi connectivity index (χ1v) is 8.93. The monoisotopic (exact) mass is 236 g/mol. The van der Waals surface area contributed by atoms with Gasteiger partial charge in [-0.15, -0.1) is 0 Å². The molecule has 3 heteroatoms. The molecule has 0 heterocycles. The number of carbonyl (C=O) groups is 1. The molecule has 0 aliphatic rings. The van der Waals surface area contributed by atoms with Crippen LogP contribution >= 0.6 is 0 Å². The second-order valence-electron chi connectivity index (χ2n) is 5.17. The summed E-state index contributed by atoms with van der Waals surface area (Å²) in [5.74, 6) is 0.0566. The van der Waals surface area contributed by atoms with Gasteiger partial charge >= 0.3 is 0 Å². The van der Waals surface area contributed by atoms with Gasteiger partial charge in [-0.1, -0.05) is 30.3 Å². The van der Waals surface area contributed by atoms with Crippen molar-refractivity contribution in [3.05, 3.63) is 35.9 Å². The number of benzene rings is 1. The molecule has 0 aromatic heterocycles. The minimum absolute atomic E-state index is 0.0566. The number of hydrogen-bond donors (Lipinski definition) is 0. The molecule has 0 saturated heterocycles. The third-order valence-electron chi connectivity index (χ3n) is 2.51. The number of ketones is 1. The largest absolute Gasteiger partial charge is 0.402 e. The lowest BCUT2D eigenvalue weighted by molar-refractivity contribution is -0.132. The van der Waals surface area contributed by atoms with E-state index < -0.39 is 13.9 Å². The van der Waals surface area contributed by atoms with Crippen LogP contribution in [0.2, 0.25) is 19.6 Å². The summed E-state index contributed by atoms with van der Waals surface area (Å²) in [5, 5.41) is 0. The van der Waals surface area contributed by atoms with Gasteiger partial charge < -0.3 is 4.43 Å². The lowest BCUT2D eigenvalue weighted by Crippen LogP contribution is -2.43. The summed E-state index contributed by atoms with van der Waals surface area (Å²) in [4.78, 5) is 11.8. The van der Waals surface area contributed by atoms with Crippen molar-refractivity contribution < 1.29 is 9.22 Å². The Morgan fingerprint density at radius 2 is 1.69 bits per heavy atom. The van der Waals surface area contributed by atoms with Gasteiger partial charge in [0.1, 0.15) is 5.60 Å². The highest BCUT2D eigenvalue weighted by Crippen LogP contribution is 2.29. The summed E-state index contributed by atoms with van der Waals surface area (Å²) in [6.45, 7) is 9.74. The zero-order valence-corrected chi connectivity index (χ0v) is 11.7. The average molecular weight is 236 g/mol. The number of Topliss-reactive ketones (excluding diaryl/α,β-unsaturated/α-hetero) is 1. The molecule has 1 aromatic carbocycles. The molecule has 2 nitrogen and oxygen atoms in total. The summed E-state index contributed by atoms with van der Waals surface area (Å²) in [6, 6.07) is 9.70. The zero-order chi connectivity index (χ0) is 12.4. The highest BCUT2D eigenvalue weighted by Gasteiger charge is 2.37. The highest BCUT2D eigenvalue weighted by molar-refractivity contribution is 6.70. The molecule has 0 aliphatic heterocycles. The Hall–Kier alpha value is -0.933. The standard InChI is InChI=1S/C13H20O2Si/c1-11(14)13(2,15-16(3,4)5)12-9-7-6-8-10-12/h6-10H,1-5H3. The fourth-order valence-electron chi connectivity index (χ4n) is 1.70. The summed E-state index contributed by atoms with van der Waals surface area (Å²) < 4.78 is 6.06. The van der Waals surface area contributed by atoms with Crippen LogP contribution < -0.4 is 0 Å². The first-order valence-electron chi connectivity index (χ1n) is 5.52. The molecule has 0 amide bonds. The molecule has 1 rings (SSSR count). The van der Waals surface area contributed by atoms with E-state index in [1.165, 1.54) is 0 Å². The van der Waals surface area contributed by atoms with Crippen molar-refractivity contribution in [2.24, 2.45) is 0 Å². The van der Waals surface area contributed by atoms with E-state index in [4.69, 9.17) is 4.43 Å². The summed E-state index contributed by atoms with van der Waals surface area (Å²) in [7, 11) is -1.76. The van der Waals surface area contributed by atoms with Gasteiger partial charge in [0.05, 0.1) is 0 Å². The highest BCUT2D eigenvalue weighted by atomic mass is 28.4. The van der Waals surface area contributed by atoms with Gasteiger partial charge in [0.15, 0.2) is 14.1 Å². The Balaban J connectivity index is 3.13. The maximum atomic E-state index is 11.8. The third-order valence-corrected chi connectivity index (χ3v) is 3.53. The van der Waals surface area contributed by atoms with E-state index in [1.807, 2.05) is 37.3 Å². The number of hydrogen-bond acceptors (Lipinski definition) is 2. The van der Waals surface area contributed by atoms with Crippen LogP contribution in [-0.4, -0.2) is 14.1 Å². The van der Waals surface area contributed by atoms with Crippen LogP contribution in [0.1, 0.15) is 19.4 Å². The van der Waals surface area contributed by atoms with E-state index in [0.717, 1.165) is 5.56 Å². The Labute approximate surface area is 98.8 Å². The maximum Gasteiger partial charge on any atom is 0.185 e. The molecular formula is C13H20O2Si. The lowest BCUT2D eigenvalue weighted by atomic mass is 9.92. The summed E-state index contributed by atoms with van der Waals surface area (Å²) >= 11 is 0. The van der Waals surface area contributed by atoms with E-state index in [9.17, 15) is 4.79 Å². The Morgan fingerprint density at radius 3 is 2.06 bits per heavy atom. The minimum Gasteiger partial charge on any atom is -0.402 e. The topological polar surface area (TPSA) is 26.3 Å². The van der Waals surface area contributed by atoms with Gasteiger partial charge in [0.25, 0.3) is 0 Å². The van der Waals surface area contributed by atoms with Crippen molar-refractivity contribution in [3.8, 4) is 0 Å². The van der Waals surface area contributed by atoms with Gasteiger partial charge in [0, 0.05) is 0 Å². The molecule has 1 atom stereocenters. The average Bonchev–Trinajstić information content (AvgIpc) is 2.16. The van der Waals surface area contributed by atoms with Crippen LogP contribution in [0.25, 0.3) is 0 Å². The van der Waals surface area contributed by atoms with Gasteiger partial charge in [-0.25, -0.2) is 0 Å². The van der Waals surface area contributed by atoms with Crippen molar-refractivity contribution in [3.63, 3.8) is 0 Å². The van der Waals surface area contributed by atoms with E-state index in [0.29, 0.717) is 0 Å². The number of carbonyl (C=O) groups excluding carboxylic acids is 1. The van der Waals surface area contributed by atoms with Crippen LogP contribution in [0, 0.1) is 0 Å². The first kappa shape index (κ1) is 13.1. The molecule has 0 fully saturated rings. The molecule has 0 aliphatic carbocycles. The van der Waals surface area contributed by atoms with Crippen molar-refractivity contribution in [2.45, 2.75) is 39.1 Å². The van der Waals surface area contributed by atoms with Crippen LogP contribution in [0.3, 0.4) is 0 Å². The normalized spacial score (nSPS) is 15.6. The van der Waals surface area contributed by atoms with Gasteiger partial charge in [-0.05, 0) is 39.1 Å². The van der Waals surface area contributed by atoms with Gasteiger partial charge in [-0.3, -0.25) is 4.79 Å². The Morgan fingerprint density at radius 1 is 1.19 bits per heavy atom. The van der Waals surface area contributed by atoms with Crippen LogP contribution in [0.4, 0.5) is 0 Å². The second-order valence-corrected chi connectivity index (χ2v) is 9.60. The molecule has 1 unspecified atom stereocenters. The van der Waals surface area contributed by atoms with Crippen molar-refractivity contribution in [1.29, 1.82) is 0 Å². The van der Waals surface area contributed by atoms with Crippen molar-refractivity contribution in [2.75, 3.05) is 0 Å². The zero-order valence-electron chi connectivity index (χ0n) is 10.7. The quantitative estimate of drug-likeness (QED) is 0.749. The van der Waals surface area contributed by atoms with E-state index in [-0.39, 0.29) is 5.78 Å². The Kier molecular flexibility index (Phi) is 3.71. The molecule has 0 N–H and O–H groups in total. The molecule has 88 valence electrons. The molecule has 0 radical (unpaired) electrons. The predicted molar refractivity (Wildman–Crippen MR) is 68.9 cm³/mol. The molecular weight excluding hydrogens is 216 g/mol. The third kappa shape index (κ3) is 3.03. The van der Waals surface area contributed by atoms with Crippen LogP contribution in [0.5, 0.6) is 0 Å². The summed E-state index contributed by atoms with van der Waals surface area (Å²) in [5.41, 5.74) is 0.135. The van der Waals surface area contributed by atoms with Crippen LogP contribution in [0.15, 0.2) is 30.3 Å². The smallest absolute Gasteiger partial charge is 0.185 e. The lowest BCUT2D eigenvalue weighted by Gasteiger charge is -2.34. The molecule has 1 aromatic rings. The summed E-state index contributed by atoms with van der Waals surface area (Å²) in [6.07, 6.45) is 0. The fourth-order valence-corrected chi connectivity index (χ4v) is 3.19. The molecule has 16 heavy (non-hydrogen) atoms. The van der Waals surface area contributed by atoms with Crippen molar-refractivity contribution >= 4 is 14.1 Å². The van der Waals surface area contributed by atoms with Crippen LogP contribution in [-0.2, 0) is 14.8 Å². The first-order chi connectivity index (χ1) is 7.26. The van der Waals surface area contributed by atoms with Crippen molar-refractivity contribution in [1.82, 2.24) is 0 Å². The molecule has 0 saturated carbocycles. The molecule has 0 bridgehead atoms. The molecule has 0 spiro atoms. The van der Waals surface area contributed by atoms with E-state index in [1.54, 1.807) is 6.92 Å². The Bertz CT molecular complexity index is 367. The fraction of sp³-hybridized carbons (Fsp3) is 0.462. The van der Waals surface area contributed by atoms with E-state index in [2.05, 4.69) is 19.6 Å². The van der Waals surface area contributed by atoms with Gasteiger partial charge in [0.2, 0.25) is 0 Å². The minimum atomic E-state index is -1.76. The number of rotatable bonds is 4. The second kappa shape index (κ2) is 4.51. The van der Waals surface area contributed by atoms with Gasteiger partial charge in [-0.2, -0.15) is 0 Å².